The van der Waals surface area contributed by atoms with Gasteiger partial charge in [0.2, 0.25) is 18.6 Å². The maximum atomic E-state index is 13.0. The number of aliphatic hydroxyl groups excluding tert-OH is 2. The summed E-state index contributed by atoms with van der Waals surface area (Å²) in [6.07, 6.45) is -2.57. The molecule has 6 heterocycles. The number of carbonyl (C=O) groups is 9. The zero-order valence-corrected chi connectivity index (χ0v) is 40.7. The Balaban J connectivity index is 0.000000229. The molecule has 0 aliphatic carbocycles. The van der Waals surface area contributed by atoms with Crippen molar-refractivity contribution in [1.82, 2.24) is 19.6 Å². The SMILES string of the molecule is C[C@@H](O)[C@H]1C(=O)N2C(C(=O)OCOC(=O)C(C)(C)C)=C(c3ccc(OCC(=O)N4CCOC4=O)cc3)C[C@H]12.C[C@@H](O)[C@H]1C(=O)N2C(C(=O)[O-])=C(c3ccc(OCC(=O)N4CCOC4=O)cc3)C[C@H]12.[Na+]. The average Bonchev–Trinajstić information content (AvgIpc) is 4.08. The van der Waals surface area contributed by atoms with Crippen molar-refractivity contribution in [2.75, 3.05) is 46.3 Å². The molecule has 69 heavy (non-hydrogen) atoms. The van der Waals surface area contributed by atoms with E-state index in [1.807, 2.05) is 0 Å². The zero-order chi connectivity index (χ0) is 49.4. The molecule has 6 atom stereocenters. The van der Waals surface area contributed by atoms with E-state index in [1.165, 1.54) is 23.6 Å². The summed E-state index contributed by atoms with van der Waals surface area (Å²) >= 11 is 0. The molecule has 6 amide bonds. The molecule has 362 valence electrons. The Morgan fingerprint density at radius 3 is 1.45 bits per heavy atom. The summed E-state index contributed by atoms with van der Waals surface area (Å²) in [6, 6.07) is 12.1. The third kappa shape index (κ3) is 10.6. The van der Waals surface area contributed by atoms with Crippen LogP contribution in [0.5, 0.6) is 11.5 Å². The van der Waals surface area contributed by atoms with E-state index in [4.69, 9.17) is 28.4 Å². The van der Waals surface area contributed by atoms with Crippen LogP contribution in [0.25, 0.3) is 11.1 Å². The molecular weight excluding hydrogens is 920 g/mol. The van der Waals surface area contributed by atoms with Crippen LogP contribution in [0.1, 0.15) is 58.6 Å². The molecule has 0 spiro atoms. The van der Waals surface area contributed by atoms with Crippen LogP contribution in [0, 0.1) is 17.3 Å². The number of cyclic esters (lactones) is 2. The van der Waals surface area contributed by atoms with Crippen molar-refractivity contribution in [3.8, 4) is 11.5 Å². The number of benzene rings is 2. The number of imide groups is 2. The van der Waals surface area contributed by atoms with Crippen molar-refractivity contribution < 1.29 is 116 Å². The average molecular weight is 969 g/mol. The van der Waals surface area contributed by atoms with Crippen LogP contribution in [0.3, 0.4) is 0 Å². The predicted molar refractivity (Wildman–Crippen MR) is 226 cm³/mol. The second kappa shape index (κ2) is 21.1. The van der Waals surface area contributed by atoms with Crippen LogP contribution >= 0.6 is 0 Å². The first-order chi connectivity index (χ1) is 32.2. The number of aliphatic hydroxyl groups is 2. The number of nitrogens with zero attached hydrogens (tertiary/aromatic N) is 4. The Labute approximate surface area is 416 Å². The third-order valence-corrected chi connectivity index (χ3v) is 12.1. The molecule has 2 N–H and O–H groups in total. The minimum atomic E-state index is -1.45. The predicted octanol–water partition coefficient (Wildman–Crippen LogP) is -2.42. The molecule has 22 nitrogen and oxygen atoms in total. The molecule has 0 saturated carbocycles. The molecule has 0 bridgehead atoms. The largest absolute Gasteiger partial charge is 1.00 e. The van der Waals surface area contributed by atoms with E-state index >= 15 is 0 Å². The van der Waals surface area contributed by atoms with Crippen molar-refractivity contribution in [3.05, 3.63) is 71.1 Å². The molecule has 4 saturated heterocycles. The van der Waals surface area contributed by atoms with Crippen molar-refractivity contribution in [2.45, 2.75) is 71.8 Å². The van der Waals surface area contributed by atoms with Gasteiger partial charge in [-0.05, 0) is 94.0 Å². The molecule has 0 unspecified atom stereocenters. The van der Waals surface area contributed by atoms with Gasteiger partial charge >= 0.3 is 53.7 Å². The van der Waals surface area contributed by atoms with Gasteiger partial charge in [-0.25, -0.2) is 24.2 Å². The van der Waals surface area contributed by atoms with E-state index in [1.54, 1.807) is 69.3 Å². The standard InChI is InChI=1S/C26H30N2O10.C20H20N2O8.Na/c1-14(29)20-18-11-17(21(28(18)22(20)31)23(32)37-13-38-24(33)26(2,3)4)15-5-7-16(8-6-15)36-12-19(30)27-9-10-35-25(27)34;1-10(23)16-14-8-13(17(19(26)27)22(14)18(16)25)11-2-4-12(5-3-11)30-9-15(24)21-6-7-29-20(21)28;/h5-8,14,18,20,29H,9-13H2,1-4H3;2-5,10,14,16,23H,6-9H2,1H3,(H,26,27);/q;;+1/p-1/t14-,18-,20-;10-,14-,16-;/m11./s1. The topological polar surface area (TPSA) is 285 Å². The molecule has 0 radical (unpaired) electrons. The Morgan fingerprint density at radius 2 is 1.09 bits per heavy atom. The van der Waals surface area contributed by atoms with Gasteiger partial charge in [0.1, 0.15) is 30.4 Å². The summed E-state index contributed by atoms with van der Waals surface area (Å²) in [7, 11) is 0. The van der Waals surface area contributed by atoms with Crippen LogP contribution in [0.4, 0.5) is 9.59 Å². The summed E-state index contributed by atoms with van der Waals surface area (Å²) in [5.74, 6) is -5.27. The number of carbonyl (C=O) groups excluding carboxylic acids is 9. The van der Waals surface area contributed by atoms with Crippen LogP contribution in [-0.2, 0) is 52.5 Å². The van der Waals surface area contributed by atoms with E-state index in [-0.39, 0.29) is 80.5 Å². The summed E-state index contributed by atoms with van der Waals surface area (Å²) in [5, 5.41) is 31.5. The summed E-state index contributed by atoms with van der Waals surface area (Å²) in [4.78, 5) is 113. The van der Waals surface area contributed by atoms with Crippen LogP contribution < -0.4 is 44.1 Å². The maximum Gasteiger partial charge on any atom is 1.00 e. The quantitative estimate of drug-likeness (QED) is 0.0655. The van der Waals surface area contributed by atoms with Gasteiger partial charge in [0.25, 0.3) is 11.8 Å². The first-order valence-corrected chi connectivity index (χ1v) is 21.6. The number of ether oxygens (including phenoxy) is 6. The Hall–Kier alpha value is -6.33. The molecule has 4 fully saturated rings. The van der Waals surface area contributed by atoms with Gasteiger partial charge in [-0.15, -0.1) is 0 Å². The first-order valence-electron chi connectivity index (χ1n) is 21.6. The number of aliphatic carboxylic acids is 1. The summed E-state index contributed by atoms with van der Waals surface area (Å²) in [5.41, 5.74) is 1.22. The minimum absolute atomic E-state index is 0. The van der Waals surface area contributed by atoms with Crippen LogP contribution in [0.2, 0.25) is 0 Å². The third-order valence-electron chi connectivity index (χ3n) is 12.1. The van der Waals surface area contributed by atoms with Crippen LogP contribution in [0.15, 0.2) is 59.9 Å². The number of rotatable bonds is 14. The summed E-state index contributed by atoms with van der Waals surface area (Å²) in [6.45, 7) is 7.38. The molecule has 0 aromatic heterocycles. The number of carboxylic acids is 1. The molecule has 23 heteroatoms. The second-order valence-corrected chi connectivity index (χ2v) is 17.6. The normalized spacial score (nSPS) is 22.2. The number of hydrogen-bond acceptors (Lipinski definition) is 18. The molecular formula is C46H49N4NaO18. The van der Waals surface area contributed by atoms with E-state index < -0.39 is 102 Å². The van der Waals surface area contributed by atoms with Crippen molar-refractivity contribution in [3.63, 3.8) is 0 Å². The Morgan fingerprint density at radius 1 is 0.681 bits per heavy atom. The second-order valence-electron chi connectivity index (χ2n) is 17.6. The fraction of sp³-hybridized carbons (Fsp3) is 0.457. The number of β-lactam (4-membered cyclic amide) rings is 2. The van der Waals surface area contributed by atoms with Crippen LogP contribution in [-0.4, -0.2) is 154 Å². The number of carboxylic acid groups (broad SMARTS) is 1. The number of amides is 6. The smallest absolute Gasteiger partial charge is 0.543 e. The van der Waals surface area contributed by atoms with Gasteiger partial charge in [0.05, 0.1) is 66.3 Å². The van der Waals surface area contributed by atoms with E-state index in [9.17, 15) is 58.5 Å². The van der Waals surface area contributed by atoms with E-state index in [2.05, 4.69) is 0 Å². The van der Waals surface area contributed by atoms with E-state index in [0.717, 1.165) is 9.80 Å². The van der Waals surface area contributed by atoms with Gasteiger partial charge in [-0.2, -0.15) is 0 Å². The number of esters is 2. The maximum absolute atomic E-state index is 13.0. The van der Waals surface area contributed by atoms with Crippen molar-refractivity contribution >= 4 is 64.9 Å². The molecule has 6 aliphatic rings. The van der Waals surface area contributed by atoms with Crippen molar-refractivity contribution in [1.29, 1.82) is 0 Å². The van der Waals surface area contributed by atoms with Gasteiger partial charge in [-0.3, -0.25) is 24.0 Å². The number of fused-ring (bicyclic) bond motifs is 2. The van der Waals surface area contributed by atoms with Gasteiger partial charge in [0.15, 0.2) is 13.2 Å². The Bertz CT molecular complexity index is 2480. The molecule has 2 aromatic carbocycles. The fourth-order valence-electron chi connectivity index (χ4n) is 8.65. The first kappa shape index (κ1) is 52.0. The molecule has 2 aromatic rings. The van der Waals surface area contributed by atoms with Gasteiger partial charge in [-0.1, -0.05) is 24.3 Å². The van der Waals surface area contributed by atoms with Gasteiger partial charge < -0.3 is 58.3 Å². The minimum Gasteiger partial charge on any atom is -0.543 e. The van der Waals surface area contributed by atoms with E-state index in [0.29, 0.717) is 46.6 Å². The molecule has 8 rings (SSSR count). The summed E-state index contributed by atoms with van der Waals surface area (Å²) < 4.78 is 30.5. The van der Waals surface area contributed by atoms with Gasteiger partial charge in [0, 0.05) is 0 Å². The number of hydrogen-bond donors (Lipinski definition) is 2. The fourth-order valence-corrected chi connectivity index (χ4v) is 8.65. The monoisotopic (exact) mass is 968 g/mol. The zero-order valence-electron chi connectivity index (χ0n) is 38.7. The molecule has 6 aliphatic heterocycles. The Kier molecular flexibility index (Phi) is 15.9. The van der Waals surface area contributed by atoms with Crippen molar-refractivity contribution in [2.24, 2.45) is 17.3 Å².